The van der Waals surface area contributed by atoms with Gasteiger partial charge in [-0.3, -0.25) is 9.69 Å². The molecule has 0 fully saturated rings. The Morgan fingerprint density at radius 2 is 2.00 bits per heavy atom. The average Bonchev–Trinajstić information content (AvgIpc) is 3.43. The summed E-state index contributed by atoms with van der Waals surface area (Å²) in [4.78, 5) is 30.1. The second-order valence-electron chi connectivity index (χ2n) is 8.06. The molecule has 3 aromatic rings. The number of aromatic nitrogens is 3. The number of hydrogen-bond donors (Lipinski definition) is 1. The lowest BCUT2D eigenvalue weighted by Gasteiger charge is -2.23. The standard InChI is InChI=1S/C20H22F3N5O4S/c1-11(24-18(30)32-19(2,3)4)16(29)27(5)15-10-33-17(25-15)28-12(13-7-6-8-31-13)9-14(26-28)20(21,22)23/h6-11H,1-5H3,(H,24,30)/t11-/m0/s1. The van der Waals surface area contributed by atoms with Crippen LogP contribution in [0.3, 0.4) is 0 Å². The molecular formula is C20H22F3N5O4S. The number of hydrogen-bond acceptors (Lipinski definition) is 7. The third kappa shape index (κ3) is 5.72. The van der Waals surface area contributed by atoms with Crippen molar-refractivity contribution < 1.29 is 31.9 Å². The summed E-state index contributed by atoms with van der Waals surface area (Å²) in [5.74, 6) is -0.151. The van der Waals surface area contributed by atoms with Gasteiger partial charge in [-0.15, -0.1) is 11.3 Å². The number of furan rings is 1. The van der Waals surface area contributed by atoms with Crippen molar-refractivity contribution >= 4 is 29.2 Å². The van der Waals surface area contributed by atoms with Crippen molar-refractivity contribution in [2.24, 2.45) is 0 Å². The van der Waals surface area contributed by atoms with Gasteiger partial charge in [-0.1, -0.05) is 0 Å². The minimum atomic E-state index is -4.66. The lowest BCUT2D eigenvalue weighted by Crippen LogP contribution is -2.47. The van der Waals surface area contributed by atoms with E-state index >= 15 is 0 Å². The summed E-state index contributed by atoms with van der Waals surface area (Å²) in [6.07, 6.45) is -4.09. The molecule has 0 aromatic carbocycles. The largest absolute Gasteiger partial charge is 0.463 e. The number of thiazole rings is 1. The van der Waals surface area contributed by atoms with Gasteiger partial charge >= 0.3 is 12.3 Å². The Labute approximate surface area is 191 Å². The summed E-state index contributed by atoms with van der Waals surface area (Å²) in [5, 5.41) is 7.67. The Hall–Kier alpha value is -3.35. The number of likely N-dealkylation sites (N-methyl/N-ethyl adjacent to an activating group) is 1. The Morgan fingerprint density at radius 3 is 2.58 bits per heavy atom. The van der Waals surface area contributed by atoms with Gasteiger partial charge in [0, 0.05) is 18.5 Å². The van der Waals surface area contributed by atoms with Crippen LogP contribution in [0.4, 0.5) is 23.8 Å². The lowest BCUT2D eigenvalue weighted by atomic mass is 10.2. The van der Waals surface area contributed by atoms with Crippen molar-refractivity contribution in [1.29, 1.82) is 0 Å². The third-order valence-electron chi connectivity index (χ3n) is 4.21. The van der Waals surface area contributed by atoms with Gasteiger partial charge < -0.3 is 14.5 Å². The van der Waals surface area contributed by atoms with Crippen molar-refractivity contribution in [3.05, 3.63) is 35.5 Å². The van der Waals surface area contributed by atoms with Gasteiger partial charge in [0.25, 0.3) is 0 Å². The molecule has 0 aliphatic rings. The molecule has 0 aliphatic heterocycles. The molecule has 1 atom stereocenters. The minimum absolute atomic E-state index is 0.0576. The van der Waals surface area contributed by atoms with Crippen LogP contribution in [0.5, 0.6) is 0 Å². The van der Waals surface area contributed by atoms with E-state index in [-0.39, 0.29) is 22.4 Å². The summed E-state index contributed by atoms with van der Waals surface area (Å²) in [6, 6.07) is 2.97. The van der Waals surface area contributed by atoms with Crippen molar-refractivity contribution in [2.75, 3.05) is 11.9 Å². The fraction of sp³-hybridized carbons (Fsp3) is 0.400. The van der Waals surface area contributed by atoms with Crippen LogP contribution in [-0.4, -0.2) is 45.5 Å². The maximum absolute atomic E-state index is 13.3. The molecule has 2 amide bonds. The van der Waals surface area contributed by atoms with Crippen LogP contribution < -0.4 is 10.2 Å². The first-order valence-corrected chi connectivity index (χ1v) is 10.6. The quantitative estimate of drug-likeness (QED) is 0.572. The molecule has 3 heterocycles. The van der Waals surface area contributed by atoms with Gasteiger partial charge in [0.2, 0.25) is 11.0 Å². The number of amides is 2. The molecule has 0 unspecified atom stereocenters. The molecule has 33 heavy (non-hydrogen) atoms. The lowest BCUT2D eigenvalue weighted by molar-refractivity contribution is -0.141. The van der Waals surface area contributed by atoms with Crippen molar-refractivity contribution in [3.8, 4) is 16.6 Å². The van der Waals surface area contributed by atoms with Crippen molar-refractivity contribution in [1.82, 2.24) is 20.1 Å². The van der Waals surface area contributed by atoms with Crippen LogP contribution >= 0.6 is 11.3 Å². The molecule has 0 radical (unpaired) electrons. The van der Waals surface area contributed by atoms with Crippen LogP contribution in [-0.2, 0) is 15.7 Å². The molecule has 178 valence electrons. The number of nitrogens with one attached hydrogen (secondary N) is 1. The zero-order valence-electron chi connectivity index (χ0n) is 18.4. The second kappa shape index (κ2) is 8.89. The molecule has 3 rings (SSSR count). The van der Waals surface area contributed by atoms with E-state index in [0.29, 0.717) is 0 Å². The number of alkyl halides is 3. The summed E-state index contributed by atoms with van der Waals surface area (Å²) < 4.78 is 51.1. The van der Waals surface area contributed by atoms with E-state index in [1.54, 1.807) is 26.8 Å². The molecule has 0 saturated carbocycles. The number of anilines is 1. The summed E-state index contributed by atoms with van der Waals surface area (Å²) in [5.41, 5.74) is -1.78. The summed E-state index contributed by atoms with van der Waals surface area (Å²) in [6.45, 7) is 6.56. The van der Waals surface area contributed by atoms with Gasteiger partial charge in [0.15, 0.2) is 11.5 Å². The van der Waals surface area contributed by atoms with E-state index in [2.05, 4.69) is 15.4 Å². The molecule has 0 spiro atoms. The second-order valence-corrected chi connectivity index (χ2v) is 8.89. The smallest absolute Gasteiger partial charge is 0.435 e. The minimum Gasteiger partial charge on any atom is -0.463 e. The van der Waals surface area contributed by atoms with Gasteiger partial charge in [0.05, 0.1) is 6.26 Å². The fourth-order valence-electron chi connectivity index (χ4n) is 2.72. The van der Waals surface area contributed by atoms with Gasteiger partial charge in [-0.2, -0.15) is 18.3 Å². The maximum atomic E-state index is 13.3. The Morgan fingerprint density at radius 1 is 1.30 bits per heavy atom. The van der Waals surface area contributed by atoms with Crippen LogP contribution in [0.1, 0.15) is 33.4 Å². The number of halogens is 3. The number of carbonyl (C=O) groups excluding carboxylic acids is 2. The first-order valence-electron chi connectivity index (χ1n) is 9.70. The maximum Gasteiger partial charge on any atom is 0.435 e. The molecule has 13 heteroatoms. The van der Waals surface area contributed by atoms with Gasteiger partial charge in [-0.05, 0) is 39.8 Å². The zero-order chi connectivity index (χ0) is 24.6. The van der Waals surface area contributed by atoms with E-state index in [4.69, 9.17) is 9.15 Å². The predicted octanol–water partition coefficient (Wildman–Crippen LogP) is 4.48. The van der Waals surface area contributed by atoms with E-state index in [9.17, 15) is 22.8 Å². The summed E-state index contributed by atoms with van der Waals surface area (Å²) >= 11 is 0.992. The summed E-state index contributed by atoms with van der Waals surface area (Å²) in [7, 11) is 1.44. The van der Waals surface area contributed by atoms with Gasteiger partial charge in [-0.25, -0.2) is 14.5 Å². The van der Waals surface area contributed by atoms with E-state index in [0.717, 1.165) is 22.1 Å². The number of carbonyl (C=O) groups is 2. The van der Waals surface area contributed by atoms with Gasteiger partial charge in [0.1, 0.15) is 23.2 Å². The highest BCUT2D eigenvalue weighted by atomic mass is 32.1. The van der Waals surface area contributed by atoms with Crippen LogP contribution in [0.2, 0.25) is 0 Å². The van der Waals surface area contributed by atoms with Crippen molar-refractivity contribution in [3.63, 3.8) is 0 Å². The SMILES string of the molecule is C[C@H](NC(=O)OC(C)(C)C)C(=O)N(C)c1csc(-n2nc(C(F)(F)F)cc2-c2ccco2)n1. The normalized spacial score (nSPS) is 13.0. The molecule has 0 bridgehead atoms. The monoisotopic (exact) mass is 485 g/mol. The van der Waals surface area contributed by atoms with Crippen LogP contribution in [0.15, 0.2) is 34.3 Å². The van der Waals surface area contributed by atoms with E-state index in [1.165, 1.54) is 36.6 Å². The average molecular weight is 485 g/mol. The first-order chi connectivity index (χ1) is 15.3. The van der Waals surface area contributed by atoms with Crippen LogP contribution in [0, 0.1) is 0 Å². The molecule has 0 aliphatic carbocycles. The Kier molecular flexibility index (Phi) is 6.54. The highest BCUT2D eigenvalue weighted by molar-refractivity contribution is 7.12. The number of ether oxygens (including phenoxy) is 1. The molecule has 1 N–H and O–H groups in total. The number of rotatable bonds is 5. The highest BCUT2D eigenvalue weighted by Gasteiger charge is 2.36. The molecule has 3 aromatic heterocycles. The fourth-order valence-corrected chi connectivity index (χ4v) is 3.53. The topological polar surface area (TPSA) is 102 Å². The molecule has 0 saturated heterocycles. The van der Waals surface area contributed by atoms with Crippen molar-refractivity contribution in [2.45, 2.75) is 45.5 Å². The predicted molar refractivity (Wildman–Crippen MR) is 114 cm³/mol. The number of nitrogens with zero attached hydrogens (tertiary/aromatic N) is 4. The molecular weight excluding hydrogens is 463 g/mol. The Bertz CT molecular complexity index is 1130. The highest BCUT2D eigenvalue weighted by Crippen LogP contribution is 2.34. The van der Waals surface area contributed by atoms with E-state index < -0.39 is 35.5 Å². The zero-order valence-corrected chi connectivity index (χ0v) is 19.2. The molecule has 9 nitrogen and oxygen atoms in total. The van der Waals surface area contributed by atoms with Crippen LogP contribution in [0.25, 0.3) is 16.6 Å². The Balaban J connectivity index is 1.83. The third-order valence-corrected chi connectivity index (χ3v) is 5.02. The van der Waals surface area contributed by atoms with E-state index in [1.807, 2.05) is 0 Å². The first kappa shape index (κ1) is 24.3. The number of alkyl carbamates (subject to hydrolysis) is 1.